The Kier molecular flexibility index (Phi) is 8.48. The molecule has 26 heavy (non-hydrogen) atoms. The smallest absolute Gasteiger partial charge is 0.245 e. The van der Waals surface area contributed by atoms with E-state index in [-0.39, 0.29) is 18.0 Å². The van der Waals surface area contributed by atoms with Gasteiger partial charge in [0.1, 0.15) is 6.04 Å². The lowest BCUT2D eigenvalue weighted by Gasteiger charge is -2.41. The van der Waals surface area contributed by atoms with Crippen molar-refractivity contribution in [1.82, 2.24) is 15.1 Å². The molecular formula is C20H35N3O2S. The molecule has 6 heteroatoms. The number of rotatable bonds is 8. The number of amides is 2. The van der Waals surface area contributed by atoms with Gasteiger partial charge in [-0.25, -0.2) is 0 Å². The monoisotopic (exact) mass is 381 g/mol. The molecular weight excluding hydrogens is 346 g/mol. The van der Waals surface area contributed by atoms with Crippen molar-refractivity contribution in [2.75, 3.05) is 32.3 Å². The third-order valence-corrected chi connectivity index (χ3v) is 7.15. The van der Waals surface area contributed by atoms with Gasteiger partial charge in [0, 0.05) is 31.3 Å². The zero-order chi connectivity index (χ0) is 19.1. The molecule has 1 saturated heterocycles. The van der Waals surface area contributed by atoms with Gasteiger partial charge >= 0.3 is 0 Å². The summed E-state index contributed by atoms with van der Waals surface area (Å²) in [5.41, 5.74) is 0. The Labute approximate surface area is 162 Å². The molecule has 2 amide bonds. The van der Waals surface area contributed by atoms with Crippen LogP contribution < -0.4 is 5.32 Å². The number of likely N-dealkylation sites (tertiary alicyclic amines) is 1. The SMILES string of the molecule is CNCSCC1C=CC([C@H](C)N(C)C(=O)[C@@H]2CCCCN2C=O)C(C)C1. The summed E-state index contributed by atoms with van der Waals surface area (Å²) in [4.78, 5) is 27.9. The molecule has 1 aliphatic carbocycles. The lowest BCUT2D eigenvalue weighted by Crippen LogP contribution is -2.53. The van der Waals surface area contributed by atoms with Crippen LogP contribution in [0.15, 0.2) is 12.2 Å². The molecule has 5 nitrogen and oxygen atoms in total. The Morgan fingerprint density at radius 3 is 2.85 bits per heavy atom. The molecule has 3 unspecified atom stereocenters. The van der Waals surface area contributed by atoms with Gasteiger partial charge in [-0.05, 0) is 57.4 Å². The second kappa shape index (κ2) is 10.4. The zero-order valence-electron chi connectivity index (χ0n) is 16.7. The molecule has 1 fully saturated rings. The summed E-state index contributed by atoms with van der Waals surface area (Å²) >= 11 is 1.94. The number of allylic oxidation sites excluding steroid dienone is 1. The number of hydrogen-bond donors (Lipinski definition) is 1. The maximum Gasteiger partial charge on any atom is 0.245 e. The summed E-state index contributed by atoms with van der Waals surface area (Å²) < 4.78 is 0. The van der Waals surface area contributed by atoms with Crippen molar-refractivity contribution in [2.45, 2.75) is 51.6 Å². The average Bonchev–Trinajstić information content (AvgIpc) is 2.66. The van der Waals surface area contributed by atoms with Gasteiger partial charge in [-0.15, -0.1) is 11.8 Å². The first-order chi connectivity index (χ1) is 12.5. The molecule has 0 saturated carbocycles. The van der Waals surface area contributed by atoms with Crippen LogP contribution >= 0.6 is 11.8 Å². The van der Waals surface area contributed by atoms with Crippen LogP contribution in [0.2, 0.25) is 0 Å². The predicted octanol–water partition coefficient (Wildman–Crippen LogP) is 2.58. The van der Waals surface area contributed by atoms with E-state index in [9.17, 15) is 9.59 Å². The number of nitrogens with one attached hydrogen (secondary N) is 1. The fourth-order valence-corrected chi connectivity index (χ4v) is 5.17. The van der Waals surface area contributed by atoms with Crippen LogP contribution in [0, 0.1) is 17.8 Å². The molecule has 1 aliphatic heterocycles. The Morgan fingerprint density at radius 1 is 1.42 bits per heavy atom. The highest BCUT2D eigenvalue weighted by Gasteiger charge is 2.35. The second-order valence-corrected chi connectivity index (χ2v) is 8.88. The molecule has 0 bridgehead atoms. The number of piperidine rings is 1. The van der Waals surface area contributed by atoms with Gasteiger partial charge in [-0.2, -0.15) is 0 Å². The molecule has 0 aromatic heterocycles. The number of carbonyl (C=O) groups excluding carboxylic acids is 2. The molecule has 5 atom stereocenters. The van der Waals surface area contributed by atoms with Gasteiger partial charge in [0.05, 0.1) is 0 Å². The number of likely N-dealkylation sites (N-methyl/N-ethyl adjacent to an activating group) is 1. The standard InChI is InChI=1S/C20H35N3O2S/c1-15-11-17(12-26-13-21-3)8-9-18(15)16(2)22(4)20(25)19-7-5-6-10-23(19)14-24/h8-9,14-19,21H,5-7,10-13H2,1-4H3/t15?,16-,17?,18?,19-/m0/s1. The van der Waals surface area contributed by atoms with Gasteiger partial charge in [-0.1, -0.05) is 19.1 Å². The van der Waals surface area contributed by atoms with Crippen LogP contribution in [0.5, 0.6) is 0 Å². The molecule has 0 aromatic rings. The van der Waals surface area contributed by atoms with E-state index in [0.717, 1.165) is 37.3 Å². The largest absolute Gasteiger partial charge is 0.341 e. The molecule has 0 aromatic carbocycles. The number of nitrogens with zero attached hydrogens (tertiary/aromatic N) is 2. The fourth-order valence-electron chi connectivity index (χ4n) is 4.30. The van der Waals surface area contributed by atoms with E-state index in [1.807, 2.05) is 30.8 Å². The van der Waals surface area contributed by atoms with Crippen LogP contribution in [0.25, 0.3) is 0 Å². The first-order valence-corrected chi connectivity index (χ1v) is 11.0. The van der Waals surface area contributed by atoms with E-state index in [4.69, 9.17) is 0 Å². The summed E-state index contributed by atoms with van der Waals surface area (Å²) in [5, 5.41) is 3.18. The van der Waals surface area contributed by atoms with Crippen molar-refractivity contribution in [3.8, 4) is 0 Å². The Morgan fingerprint density at radius 2 is 2.19 bits per heavy atom. The lowest BCUT2D eigenvalue weighted by molar-refractivity contribution is -0.143. The van der Waals surface area contributed by atoms with Gasteiger partial charge in [0.25, 0.3) is 0 Å². The van der Waals surface area contributed by atoms with Gasteiger partial charge in [0.15, 0.2) is 0 Å². The summed E-state index contributed by atoms with van der Waals surface area (Å²) in [6.07, 6.45) is 9.50. The fraction of sp³-hybridized carbons (Fsp3) is 0.800. The van der Waals surface area contributed by atoms with Crippen molar-refractivity contribution in [2.24, 2.45) is 17.8 Å². The maximum absolute atomic E-state index is 13.0. The number of thioether (sulfide) groups is 1. The molecule has 2 rings (SSSR count). The first-order valence-electron chi connectivity index (χ1n) is 9.88. The molecule has 0 spiro atoms. The van der Waals surface area contributed by atoms with Crippen LogP contribution in [0.1, 0.15) is 39.5 Å². The Hall–Kier alpha value is -1.01. The summed E-state index contributed by atoms with van der Waals surface area (Å²) in [6, 6.07) is -0.127. The molecule has 1 N–H and O–H groups in total. The van der Waals surface area contributed by atoms with Gasteiger partial charge in [0.2, 0.25) is 12.3 Å². The lowest BCUT2D eigenvalue weighted by atomic mass is 9.77. The minimum atomic E-state index is -0.276. The topological polar surface area (TPSA) is 52.7 Å². The van der Waals surface area contributed by atoms with E-state index in [2.05, 4.69) is 31.3 Å². The molecule has 2 aliphatic rings. The van der Waals surface area contributed by atoms with E-state index in [1.54, 1.807) is 4.90 Å². The highest BCUT2D eigenvalue weighted by atomic mass is 32.2. The van der Waals surface area contributed by atoms with Crippen LogP contribution in [-0.2, 0) is 9.59 Å². The molecule has 148 valence electrons. The quantitative estimate of drug-likeness (QED) is 0.304. The molecule has 1 heterocycles. The zero-order valence-corrected chi connectivity index (χ0v) is 17.5. The summed E-state index contributed by atoms with van der Waals surface area (Å²) in [7, 11) is 3.88. The highest BCUT2D eigenvalue weighted by molar-refractivity contribution is 7.99. The minimum absolute atomic E-state index is 0.0941. The van der Waals surface area contributed by atoms with E-state index < -0.39 is 0 Å². The average molecular weight is 382 g/mol. The van der Waals surface area contributed by atoms with Crippen LogP contribution in [0.3, 0.4) is 0 Å². The van der Waals surface area contributed by atoms with Gasteiger partial charge < -0.3 is 15.1 Å². The third kappa shape index (κ3) is 5.26. The number of hydrogen-bond acceptors (Lipinski definition) is 4. The normalized spacial score (nSPS) is 30.1. The van der Waals surface area contributed by atoms with Crippen molar-refractivity contribution >= 4 is 24.1 Å². The van der Waals surface area contributed by atoms with Crippen molar-refractivity contribution in [1.29, 1.82) is 0 Å². The van der Waals surface area contributed by atoms with E-state index >= 15 is 0 Å². The van der Waals surface area contributed by atoms with E-state index in [0.29, 0.717) is 24.3 Å². The number of carbonyl (C=O) groups is 2. The summed E-state index contributed by atoms with van der Waals surface area (Å²) in [6.45, 7) is 5.15. The van der Waals surface area contributed by atoms with Crippen molar-refractivity contribution in [3.63, 3.8) is 0 Å². The van der Waals surface area contributed by atoms with Gasteiger partial charge in [-0.3, -0.25) is 9.59 Å². The summed E-state index contributed by atoms with van der Waals surface area (Å²) in [5.74, 6) is 3.79. The Bertz CT molecular complexity index is 499. The second-order valence-electron chi connectivity index (χ2n) is 7.85. The molecule has 0 radical (unpaired) electrons. The van der Waals surface area contributed by atoms with Crippen LogP contribution in [-0.4, -0.2) is 66.5 Å². The first kappa shape index (κ1) is 21.3. The van der Waals surface area contributed by atoms with Crippen molar-refractivity contribution in [3.05, 3.63) is 12.2 Å². The maximum atomic E-state index is 13.0. The third-order valence-electron chi connectivity index (χ3n) is 6.00. The predicted molar refractivity (Wildman–Crippen MR) is 109 cm³/mol. The minimum Gasteiger partial charge on any atom is -0.341 e. The Balaban J connectivity index is 1.96. The highest BCUT2D eigenvalue weighted by Crippen LogP contribution is 2.34. The van der Waals surface area contributed by atoms with Crippen molar-refractivity contribution < 1.29 is 9.59 Å². The van der Waals surface area contributed by atoms with E-state index in [1.165, 1.54) is 6.42 Å². The van der Waals surface area contributed by atoms with Crippen LogP contribution in [0.4, 0.5) is 0 Å².